The summed E-state index contributed by atoms with van der Waals surface area (Å²) >= 11 is 0. The maximum absolute atomic E-state index is 15.5. The van der Waals surface area contributed by atoms with Gasteiger partial charge in [-0.3, -0.25) is 4.79 Å². The number of nitrogens with two attached hydrogens (primary N) is 1. The number of H-pyrrole nitrogens is 1. The second-order valence-electron chi connectivity index (χ2n) is 8.86. The molecule has 7 heteroatoms. The van der Waals surface area contributed by atoms with E-state index in [1.807, 2.05) is 6.07 Å². The molecule has 0 spiro atoms. The number of hydrogen-bond acceptors (Lipinski definition) is 5. The van der Waals surface area contributed by atoms with Gasteiger partial charge in [0, 0.05) is 12.5 Å². The van der Waals surface area contributed by atoms with Crippen LogP contribution < -0.4 is 5.73 Å². The lowest BCUT2D eigenvalue weighted by Crippen LogP contribution is -2.33. The van der Waals surface area contributed by atoms with Crippen LogP contribution in [0.3, 0.4) is 0 Å². The number of benzene rings is 1. The predicted octanol–water partition coefficient (Wildman–Crippen LogP) is 4.21. The van der Waals surface area contributed by atoms with Crippen molar-refractivity contribution in [1.82, 2.24) is 9.97 Å². The first-order valence-electron chi connectivity index (χ1n) is 11.2. The molecule has 0 bridgehead atoms. The average Bonchev–Trinajstić information content (AvgIpc) is 3.20. The van der Waals surface area contributed by atoms with E-state index < -0.39 is 11.7 Å². The summed E-state index contributed by atoms with van der Waals surface area (Å²) < 4.78 is 26.3. The first-order valence-corrected chi connectivity index (χ1v) is 11.2. The maximum Gasteiger partial charge on any atom is 0.309 e. The fourth-order valence-corrected chi connectivity index (χ4v) is 4.97. The quantitative estimate of drug-likeness (QED) is 0.711. The van der Waals surface area contributed by atoms with Gasteiger partial charge >= 0.3 is 5.97 Å². The van der Waals surface area contributed by atoms with Gasteiger partial charge in [-0.05, 0) is 49.7 Å². The van der Waals surface area contributed by atoms with Crippen molar-refractivity contribution in [3.05, 3.63) is 29.3 Å². The highest BCUT2D eigenvalue weighted by Crippen LogP contribution is 2.38. The molecule has 2 aliphatic rings. The van der Waals surface area contributed by atoms with Crippen LogP contribution in [0, 0.1) is 23.6 Å². The molecular weight excluding hydrogens is 385 g/mol. The van der Waals surface area contributed by atoms with Crippen LogP contribution in [-0.2, 0) is 14.3 Å². The largest absolute Gasteiger partial charge is 0.466 e. The summed E-state index contributed by atoms with van der Waals surface area (Å²) in [5, 5.41) is 0. The lowest BCUT2D eigenvalue weighted by atomic mass is 9.79. The number of fused-ring (bicyclic) bond motifs is 1. The summed E-state index contributed by atoms with van der Waals surface area (Å²) in [5.74, 6) is 0.276. The highest BCUT2D eigenvalue weighted by atomic mass is 19.1. The SMILES string of the molecule is CCOC(=O)C1CCOCC1c1ccc2[nH]c([C@@H](N)C3CCC(C)CC3)nc2c1F. The smallest absolute Gasteiger partial charge is 0.309 e. The Bertz CT molecular complexity index is 891. The topological polar surface area (TPSA) is 90.2 Å². The summed E-state index contributed by atoms with van der Waals surface area (Å²) in [6, 6.07) is 3.34. The van der Waals surface area contributed by atoms with Crippen LogP contribution in [0.2, 0.25) is 0 Å². The molecule has 0 radical (unpaired) electrons. The van der Waals surface area contributed by atoms with Crippen LogP contribution in [0.4, 0.5) is 4.39 Å². The molecule has 1 aromatic heterocycles. The Morgan fingerprint density at radius 1 is 1.33 bits per heavy atom. The van der Waals surface area contributed by atoms with Gasteiger partial charge in [-0.15, -0.1) is 0 Å². The molecule has 2 fully saturated rings. The predicted molar refractivity (Wildman–Crippen MR) is 112 cm³/mol. The van der Waals surface area contributed by atoms with Crippen molar-refractivity contribution >= 4 is 17.0 Å². The Morgan fingerprint density at radius 2 is 2.10 bits per heavy atom. The fourth-order valence-electron chi connectivity index (χ4n) is 4.97. The van der Waals surface area contributed by atoms with E-state index in [2.05, 4.69) is 16.9 Å². The van der Waals surface area contributed by atoms with Gasteiger partial charge in [0.25, 0.3) is 0 Å². The molecule has 30 heavy (non-hydrogen) atoms. The number of carbonyl (C=O) groups is 1. The number of carbonyl (C=O) groups excluding carboxylic acids is 1. The Kier molecular flexibility index (Phi) is 6.39. The van der Waals surface area contributed by atoms with Crippen molar-refractivity contribution in [2.24, 2.45) is 23.5 Å². The second-order valence-corrected chi connectivity index (χ2v) is 8.86. The first-order chi connectivity index (χ1) is 14.5. The van der Waals surface area contributed by atoms with Crippen LogP contribution in [0.25, 0.3) is 11.0 Å². The van der Waals surface area contributed by atoms with Crippen molar-refractivity contribution in [2.75, 3.05) is 19.8 Å². The van der Waals surface area contributed by atoms with Crippen LogP contribution in [0.5, 0.6) is 0 Å². The van der Waals surface area contributed by atoms with Crippen LogP contribution >= 0.6 is 0 Å². The van der Waals surface area contributed by atoms with E-state index in [4.69, 9.17) is 15.2 Å². The number of aromatic amines is 1. The van der Waals surface area contributed by atoms with E-state index in [0.717, 1.165) is 18.8 Å². The summed E-state index contributed by atoms with van der Waals surface area (Å²) in [5.41, 5.74) is 7.89. The Labute approximate surface area is 176 Å². The van der Waals surface area contributed by atoms with E-state index in [1.54, 1.807) is 13.0 Å². The summed E-state index contributed by atoms with van der Waals surface area (Å²) in [6.45, 7) is 5.14. The third kappa shape index (κ3) is 4.10. The van der Waals surface area contributed by atoms with Crippen LogP contribution in [-0.4, -0.2) is 35.8 Å². The highest BCUT2D eigenvalue weighted by molar-refractivity contribution is 5.78. The number of esters is 1. The zero-order valence-corrected chi connectivity index (χ0v) is 17.8. The molecule has 1 aliphatic carbocycles. The minimum atomic E-state index is -0.407. The van der Waals surface area contributed by atoms with Crippen molar-refractivity contribution < 1.29 is 18.7 Å². The number of aromatic nitrogens is 2. The number of nitrogens with zero attached hydrogens (tertiary/aromatic N) is 1. The third-order valence-electron chi connectivity index (χ3n) is 6.87. The molecule has 1 aromatic carbocycles. The van der Waals surface area contributed by atoms with Gasteiger partial charge in [0.05, 0.1) is 30.7 Å². The second kappa shape index (κ2) is 9.02. The number of ether oxygens (including phenoxy) is 2. The normalized spacial score (nSPS) is 28.4. The van der Waals surface area contributed by atoms with Crippen molar-refractivity contribution in [3.8, 4) is 0 Å². The van der Waals surface area contributed by atoms with Crippen molar-refractivity contribution in [2.45, 2.75) is 57.9 Å². The molecule has 1 saturated carbocycles. The molecule has 6 nitrogen and oxygen atoms in total. The Balaban J connectivity index is 1.61. The number of imidazole rings is 1. The van der Waals surface area contributed by atoms with Gasteiger partial charge in [0.1, 0.15) is 11.3 Å². The zero-order valence-electron chi connectivity index (χ0n) is 17.8. The number of hydrogen-bond donors (Lipinski definition) is 2. The van der Waals surface area contributed by atoms with E-state index >= 15 is 4.39 Å². The standard InChI is InChI=1S/C23H32FN3O3/c1-3-30-23(28)16-10-11-29-12-17(16)15-8-9-18-21(19(15)24)27-22(26-18)20(25)14-6-4-13(2)5-7-14/h8-9,13-14,16-17,20H,3-7,10-12,25H2,1-2H3,(H,26,27)/t13?,14?,16?,17?,20-/m0/s1. The number of halogens is 1. The Morgan fingerprint density at radius 3 is 2.83 bits per heavy atom. The van der Waals surface area contributed by atoms with Crippen LogP contribution in [0.1, 0.15) is 69.3 Å². The average molecular weight is 418 g/mol. The summed E-state index contributed by atoms with van der Waals surface area (Å²) in [6.07, 6.45) is 5.03. The van der Waals surface area contributed by atoms with Gasteiger partial charge in [0.15, 0.2) is 5.82 Å². The molecule has 1 aliphatic heterocycles. The fraction of sp³-hybridized carbons (Fsp3) is 0.652. The van der Waals surface area contributed by atoms with Gasteiger partial charge in [-0.1, -0.05) is 25.8 Å². The van der Waals surface area contributed by atoms with Gasteiger partial charge in [-0.2, -0.15) is 0 Å². The molecule has 2 heterocycles. The Hall–Kier alpha value is -1.99. The molecular formula is C23H32FN3O3. The van der Waals surface area contributed by atoms with Crippen molar-refractivity contribution in [1.29, 1.82) is 0 Å². The highest BCUT2D eigenvalue weighted by Gasteiger charge is 2.36. The molecule has 164 valence electrons. The summed E-state index contributed by atoms with van der Waals surface area (Å²) in [7, 11) is 0. The van der Waals surface area contributed by atoms with Crippen LogP contribution in [0.15, 0.2) is 12.1 Å². The van der Waals surface area contributed by atoms with Gasteiger partial charge in [0.2, 0.25) is 0 Å². The molecule has 2 unspecified atom stereocenters. The lowest BCUT2D eigenvalue weighted by Gasteiger charge is -2.30. The zero-order chi connectivity index (χ0) is 21.3. The van der Waals surface area contributed by atoms with E-state index in [9.17, 15) is 4.79 Å². The van der Waals surface area contributed by atoms with E-state index in [0.29, 0.717) is 49.1 Å². The summed E-state index contributed by atoms with van der Waals surface area (Å²) in [4.78, 5) is 20.2. The molecule has 3 atom stereocenters. The van der Waals surface area contributed by atoms with E-state index in [-0.39, 0.29) is 23.4 Å². The number of rotatable bonds is 5. The molecule has 0 amide bonds. The first kappa shape index (κ1) is 21.2. The van der Waals surface area contributed by atoms with Crippen molar-refractivity contribution in [3.63, 3.8) is 0 Å². The third-order valence-corrected chi connectivity index (χ3v) is 6.87. The monoisotopic (exact) mass is 417 g/mol. The molecule has 2 aromatic rings. The molecule has 3 N–H and O–H groups in total. The minimum Gasteiger partial charge on any atom is -0.466 e. The van der Waals surface area contributed by atoms with Gasteiger partial charge < -0.3 is 20.2 Å². The number of nitrogens with one attached hydrogen (secondary N) is 1. The molecule has 4 rings (SSSR count). The lowest BCUT2D eigenvalue weighted by molar-refractivity contribution is -0.152. The van der Waals surface area contributed by atoms with Gasteiger partial charge in [-0.25, -0.2) is 9.37 Å². The maximum atomic E-state index is 15.5. The molecule has 1 saturated heterocycles. The van der Waals surface area contributed by atoms with E-state index in [1.165, 1.54) is 12.8 Å². The minimum absolute atomic E-state index is 0.224.